The highest BCUT2D eigenvalue weighted by Crippen LogP contribution is 1.89. The summed E-state index contributed by atoms with van der Waals surface area (Å²) in [7, 11) is 0. The fourth-order valence-corrected chi connectivity index (χ4v) is 0.196. The second-order valence-corrected chi connectivity index (χ2v) is 0.821. The summed E-state index contributed by atoms with van der Waals surface area (Å²) in [5.74, 6) is 0. The van der Waals surface area contributed by atoms with E-state index in [4.69, 9.17) is 0 Å². The fraction of sp³-hybridized carbons (Fsp3) is 0.333. The highest BCUT2D eigenvalue weighted by Gasteiger charge is 1.87. The lowest BCUT2D eigenvalue weighted by Crippen LogP contribution is -1.96. The summed E-state index contributed by atoms with van der Waals surface area (Å²) in [5, 5.41) is 3.98. The second kappa shape index (κ2) is 3.60. The van der Waals surface area contributed by atoms with Crippen LogP contribution in [0.15, 0.2) is 12.3 Å². The first-order valence-corrected chi connectivity index (χ1v) is 1.60. The summed E-state index contributed by atoms with van der Waals surface area (Å²) >= 11 is 0. The largest absolute Gasteiger partial charge is 0.412 e. The van der Waals surface area contributed by atoms with E-state index in [0.29, 0.717) is 6.61 Å². The fourth-order valence-electron chi connectivity index (χ4n) is 0.196. The molecule has 0 aromatic carbocycles. The molecule has 1 aliphatic heterocycles. The third-order valence-corrected chi connectivity index (χ3v) is 0.403. The van der Waals surface area contributed by atoms with Crippen LogP contribution < -0.4 is 0 Å². The zero-order valence-electron chi connectivity index (χ0n) is 3.59. The maximum absolute atomic E-state index is 4.26. The molecule has 0 saturated carbocycles. The van der Waals surface area contributed by atoms with Crippen LogP contribution in [-0.2, 0) is 14.8 Å². The van der Waals surface area contributed by atoms with E-state index in [0.717, 1.165) is 0 Å². The Morgan fingerprint density at radius 2 is 2.29 bits per heavy atom. The molecule has 4 heteroatoms. The molecule has 0 atom stereocenters. The van der Waals surface area contributed by atoms with Crippen molar-refractivity contribution in [1.82, 2.24) is 0 Å². The molecule has 1 rings (SSSR count). The van der Waals surface area contributed by atoms with E-state index in [1.54, 1.807) is 6.08 Å². The van der Waals surface area contributed by atoms with Crippen molar-refractivity contribution >= 4 is 0 Å². The minimum absolute atomic E-state index is 0. The molecule has 0 radical (unpaired) electrons. The van der Waals surface area contributed by atoms with E-state index in [1.165, 1.54) is 6.26 Å². The molecule has 0 aromatic rings. The van der Waals surface area contributed by atoms with Gasteiger partial charge in [0.1, 0.15) is 12.9 Å². The van der Waals surface area contributed by atoms with Crippen molar-refractivity contribution < 1.29 is 20.3 Å². The number of hydrogen-bond acceptors (Lipinski definition) is 3. The molecule has 0 amide bonds. The van der Waals surface area contributed by atoms with Crippen LogP contribution in [0.3, 0.4) is 0 Å². The summed E-state index contributed by atoms with van der Waals surface area (Å²) in [6.07, 6.45) is 3.12. The van der Waals surface area contributed by atoms with Gasteiger partial charge < -0.3 is 10.4 Å². The van der Waals surface area contributed by atoms with Gasteiger partial charge in [-0.2, -0.15) is 4.89 Å². The van der Waals surface area contributed by atoms with E-state index in [2.05, 4.69) is 14.8 Å². The molecule has 1 aliphatic rings. The molecule has 0 spiro atoms. The van der Waals surface area contributed by atoms with Crippen LogP contribution in [0.25, 0.3) is 0 Å². The standard InChI is InChI=1S/C3H4O3.H2O/c1-2-4-6-5-3-1;/h1-2H,3H2;1H2. The number of rotatable bonds is 0. The normalized spacial score (nSPS) is 17.1. The summed E-state index contributed by atoms with van der Waals surface area (Å²) in [5.41, 5.74) is 0. The van der Waals surface area contributed by atoms with Crippen molar-refractivity contribution in [2.45, 2.75) is 0 Å². The highest BCUT2D eigenvalue weighted by molar-refractivity contribution is 4.71. The molecule has 0 bridgehead atoms. The molecule has 0 aromatic heterocycles. The van der Waals surface area contributed by atoms with E-state index < -0.39 is 0 Å². The number of hydrogen-bond donors (Lipinski definition) is 0. The van der Waals surface area contributed by atoms with Gasteiger partial charge in [-0.15, -0.1) is 0 Å². The maximum atomic E-state index is 4.26. The predicted octanol–water partition coefficient (Wildman–Crippen LogP) is -0.431. The summed E-state index contributed by atoms with van der Waals surface area (Å²) in [6, 6.07) is 0. The van der Waals surface area contributed by atoms with Gasteiger partial charge in [0, 0.05) is 0 Å². The Labute approximate surface area is 40.5 Å². The lowest BCUT2D eigenvalue weighted by atomic mass is 10.7. The van der Waals surface area contributed by atoms with Gasteiger partial charge in [-0.3, -0.25) is 0 Å². The zero-order valence-corrected chi connectivity index (χ0v) is 3.59. The molecule has 7 heavy (non-hydrogen) atoms. The Kier molecular flexibility index (Phi) is 3.31. The average molecular weight is 106 g/mol. The first kappa shape index (κ1) is 6.42. The Balaban J connectivity index is 0.000000360. The second-order valence-electron chi connectivity index (χ2n) is 0.821. The Morgan fingerprint density at radius 1 is 1.43 bits per heavy atom. The summed E-state index contributed by atoms with van der Waals surface area (Å²) in [4.78, 5) is 8.43. The van der Waals surface area contributed by atoms with E-state index >= 15 is 0 Å². The van der Waals surface area contributed by atoms with Gasteiger partial charge in [-0.25, -0.2) is 0 Å². The van der Waals surface area contributed by atoms with Gasteiger partial charge >= 0.3 is 0 Å². The van der Waals surface area contributed by atoms with Crippen molar-refractivity contribution in [3.05, 3.63) is 12.3 Å². The van der Waals surface area contributed by atoms with Crippen LogP contribution in [0.5, 0.6) is 0 Å². The van der Waals surface area contributed by atoms with Gasteiger partial charge in [0.2, 0.25) is 0 Å². The lowest BCUT2D eigenvalue weighted by molar-refractivity contribution is -0.493. The first-order chi connectivity index (χ1) is 3.00. The van der Waals surface area contributed by atoms with Crippen molar-refractivity contribution in [2.75, 3.05) is 6.61 Å². The Hall–Kier alpha value is -0.580. The van der Waals surface area contributed by atoms with E-state index in [9.17, 15) is 0 Å². The minimum Gasteiger partial charge on any atom is -0.412 e. The lowest BCUT2D eigenvalue weighted by Gasteiger charge is -1.99. The zero-order chi connectivity index (χ0) is 4.24. The molecule has 0 saturated heterocycles. The molecular weight excluding hydrogens is 100 g/mol. The van der Waals surface area contributed by atoms with Crippen molar-refractivity contribution in [3.8, 4) is 0 Å². The molecule has 42 valence electrons. The molecule has 0 unspecified atom stereocenters. The van der Waals surface area contributed by atoms with E-state index in [-0.39, 0.29) is 5.48 Å². The summed E-state index contributed by atoms with van der Waals surface area (Å²) < 4.78 is 0. The molecule has 0 aliphatic carbocycles. The molecule has 0 fully saturated rings. The highest BCUT2D eigenvalue weighted by atomic mass is 17.5. The average Bonchev–Trinajstić information content (AvgIpc) is 1.72. The monoisotopic (exact) mass is 106 g/mol. The minimum atomic E-state index is 0. The Morgan fingerprint density at radius 3 is 2.43 bits per heavy atom. The molecular formula is C3H6O4. The smallest absolute Gasteiger partial charge is 0.131 e. The van der Waals surface area contributed by atoms with Gasteiger partial charge in [0.05, 0.1) is 0 Å². The van der Waals surface area contributed by atoms with Gasteiger partial charge in [0.15, 0.2) is 0 Å². The van der Waals surface area contributed by atoms with Crippen LogP contribution in [0, 0.1) is 0 Å². The van der Waals surface area contributed by atoms with Gasteiger partial charge in [-0.05, 0) is 11.1 Å². The van der Waals surface area contributed by atoms with Crippen LogP contribution in [0.4, 0.5) is 0 Å². The molecule has 2 N–H and O–H groups in total. The third-order valence-electron chi connectivity index (χ3n) is 0.403. The van der Waals surface area contributed by atoms with Crippen molar-refractivity contribution in [3.63, 3.8) is 0 Å². The Bertz CT molecular complexity index is 52.0. The maximum Gasteiger partial charge on any atom is 0.131 e. The molecule has 1 heterocycles. The first-order valence-electron chi connectivity index (χ1n) is 1.60. The third kappa shape index (κ3) is 2.16. The van der Waals surface area contributed by atoms with Gasteiger partial charge in [0.25, 0.3) is 0 Å². The van der Waals surface area contributed by atoms with Crippen LogP contribution in [-0.4, -0.2) is 12.1 Å². The van der Waals surface area contributed by atoms with Crippen molar-refractivity contribution in [2.24, 2.45) is 0 Å². The SMILES string of the molecule is C1=COOOC1.O. The van der Waals surface area contributed by atoms with Crippen LogP contribution in [0.1, 0.15) is 0 Å². The van der Waals surface area contributed by atoms with Crippen LogP contribution >= 0.6 is 0 Å². The topological polar surface area (TPSA) is 59.2 Å². The van der Waals surface area contributed by atoms with Crippen molar-refractivity contribution in [1.29, 1.82) is 0 Å². The van der Waals surface area contributed by atoms with E-state index in [1.807, 2.05) is 0 Å². The van der Waals surface area contributed by atoms with Crippen LogP contribution in [0.2, 0.25) is 0 Å². The predicted molar refractivity (Wildman–Crippen MR) is 20.9 cm³/mol. The molecule has 4 nitrogen and oxygen atoms in total. The van der Waals surface area contributed by atoms with Gasteiger partial charge in [-0.1, -0.05) is 0 Å². The quantitative estimate of drug-likeness (QED) is 0.393. The summed E-state index contributed by atoms with van der Waals surface area (Å²) in [6.45, 7) is 0.472.